The lowest BCUT2D eigenvalue weighted by molar-refractivity contribution is -0.130. The molecule has 3 aliphatic heterocycles. The summed E-state index contributed by atoms with van der Waals surface area (Å²) >= 11 is 0. The molecule has 0 saturated carbocycles. The van der Waals surface area contributed by atoms with Crippen LogP contribution < -0.4 is 15.5 Å². The zero-order valence-electron chi connectivity index (χ0n) is 19.6. The van der Waals surface area contributed by atoms with Gasteiger partial charge in [0.1, 0.15) is 5.54 Å². The topological polar surface area (TPSA) is 94.3 Å². The number of aromatic amines is 1. The summed E-state index contributed by atoms with van der Waals surface area (Å²) in [5.74, 6) is -2.40. The second-order valence-corrected chi connectivity index (χ2v) is 9.98. The van der Waals surface area contributed by atoms with Crippen LogP contribution in [0.3, 0.4) is 0 Å². The summed E-state index contributed by atoms with van der Waals surface area (Å²) in [6, 6.07) is 22.4. The van der Waals surface area contributed by atoms with Crippen LogP contribution >= 0.6 is 0 Å². The number of rotatable bonds is 3. The van der Waals surface area contributed by atoms with Crippen LogP contribution in [0, 0.1) is 18.8 Å². The lowest BCUT2D eigenvalue weighted by Gasteiger charge is -2.29. The second kappa shape index (κ2) is 7.38. The quantitative estimate of drug-likeness (QED) is 0.394. The maximum atomic E-state index is 14.1. The molecule has 2 saturated heterocycles. The Labute approximate surface area is 207 Å². The van der Waals surface area contributed by atoms with Crippen LogP contribution in [0.1, 0.15) is 16.7 Å². The Balaban J connectivity index is 1.38. The minimum atomic E-state index is -1.30. The molecule has 3 aliphatic rings. The second-order valence-electron chi connectivity index (χ2n) is 9.98. The SMILES string of the molecule is Cc1cccc(N2C(=O)[C@H]3[C@@H](C2=O)[C@]2(N[C@@H]3Cc3c[nH]c4ccccc34)C(=O)Nc3ccccc32)c1. The zero-order chi connectivity index (χ0) is 24.6. The molecule has 0 aliphatic carbocycles. The molecule has 4 aromatic rings. The molecule has 1 spiro atoms. The number of H-pyrrole nitrogens is 1. The Bertz CT molecular complexity index is 1590. The highest BCUT2D eigenvalue weighted by atomic mass is 16.2. The first kappa shape index (κ1) is 21.1. The average Bonchev–Trinajstić information content (AvgIpc) is 3.58. The van der Waals surface area contributed by atoms with E-state index in [9.17, 15) is 14.4 Å². The molecule has 1 aromatic heterocycles. The minimum Gasteiger partial charge on any atom is -0.361 e. The molecule has 0 radical (unpaired) electrons. The molecule has 4 heterocycles. The van der Waals surface area contributed by atoms with Gasteiger partial charge in [-0.3, -0.25) is 19.7 Å². The standard InChI is InChI=1S/C29H24N4O3/c1-16-7-6-8-18(13-16)33-26(34)24-23(14-17-15-30-21-11-4-2-9-19(17)21)32-29(25(24)27(33)35)20-10-3-5-12-22(20)31-28(29)36/h2-13,15,23-25,30,32H,14H2,1H3,(H,31,36)/t23-,24-,25+,29+/m1/s1. The maximum Gasteiger partial charge on any atom is 0.250 e. The fourth-order valence-electron chi connectivity index (χ4n) is 6.49. The molecule has 7 rings (SSSR count). The lowest BCUT2D eigenvalue weighted by atomic mass is 9.76. The number of hydrogen-bond donors (Lipinski definition) is 3. The summed E-state index contributed by atoms with van der Waals surface area (Å²) in [7, 11) is 0. The predicted molar refractivity (Wildman–Crippen MR) is 136 cm³/mol. The van der Waals surface area contributed by atoms with Gasteiger partial charge in [0.25, 0.3) is 0 Å². The van der Waals surface area contributed by atoms with Crippen LogP contribution in [0.2, 0.25) is 0 Å². The van der Waals surface area contributed by atoms with E-state index in [1.165, 1.54) is 4.90 Å². The van der Waals surface area contributed by atoms with Crippen molar-refractivity contribution in [2.75, 3.05) is 10.2 Å². The van der Waals surface area contributed by atoms with E-state index in [1.807, 2.05) is 79.9 Å². The van der Waals surface area contributed by atoms with Gasteiger partial charge in [-0.25, -0.2) is 4.90 Å². The highest BCUT2D eigenvalue weighted by Crippen LogP contribution is 2.54. The Hall–Kier alpha value is -4.23. The number of carbonyl (C=O) groups is 3. The van der Waals surface area contributed by atoms with Crippen LogP contribution in [0.4, 0.5) is 11.4 Å². The Morgan fingerprint density at radius 1 is 0.917 bits per heavy atom. The van der Waals surface area contributed by atoms with E-state index < -0.39 is 23.4 Å². The van der Waals surface area contributed by atoms with E-state index in [4.69, 9.17) is 0 Å². The lowest BCUT2D eigenvalue weighted by Crippen LogP contribution is -2.53. The fourth-order valence-corrected chi connectivity index (χ4v) is 6.49. The number of carbonyl (C=O) groups excluding carboxylic acids is 3. The molecule has 7 nitrogen and oxygen atoms in total. The van der Waals surface area contributed by atoms with Crippen molar-refractivity contribution in [1.82, 2.24) is 10.3 Å². The number of fused-ring (bicyclic) bond motifs is 5. The van der Waals surface area contributed by atoms with Crippen LogP contribution in [-0.2, 0) is 26.3 Å². The summed E-state index contributed by atoms with van der Waals surface area (Å²) in [4.78, 5) is 46.3. The number of nitrogens with zero attached hydrogens (tertiary/aromatic N) is 1. The van der Waals surface area contributed by atoms with Crippen molar-refractivity contribution in [3.8, 4) is 0 Å². The number of hydrogen-bond acceptors (Lipinski definition) is 4. The summed E-state index contributed by atoms with van der Waals surface area (Å²) in [6.07, 6.45) is 2.46. The average molecular weight is 477 g/mol. The Morgan fingerprint density at radius 2 is 1.72 bits per heavy atom. The number of para-hydroxylation sites is 2. The van der Waals surface area contributed by atoms with Crippen molar-refractivity contribution in [3.63, 3.8) is 0 Å². The number of benzene rings is 3. The highest BCUT2D eigenvalue weighted by Gasteiger charge is 2.70. The Morgan fingerprint density at radius 3 is 2.58 bits per heavy atom. The summed E-state index contributed by atoms with van der Waals surface area (Å²) in [5.41, 5.74) is 3.65. The Kier molecular flexibility index (Phi) is 4.32. The van der Waals surface area contributed by atoms with Gasteiger partial charge in [0.05, 0.1) is 17.5 Å². The molecule has 36 heavy (non-hydrogen) atoms. The largest absolute Gasteiger partial charge is 0.361 e. The van der Waals surface area contributed by atoms with Crippen molar-refractivity contribution in [2.45, 2.75) is 24.9 Å². The zero-order valence-corrected chi connectivity index (χ0v) is 19.6. The van der Waals surface area contributed by atoms with Crippen LogP contribution in [0.25, 0.3) is 10.9 Å². The molecule has 0 unspecified atom stereocenters. The molecule has 7 heteroatoms. The third-order valence-corrected chi connectivity index (χ3v) is 8.00. The molecular weight excluding hydrogens is 452 g/mol. The van der Waals surface area contributed by atoms with Crippen molar-refractivity contribution in [3.05, 3.63) is 95.7 Å². The molecule has 3 N–H and O–H groups in total. The molecule has 178 valence electrons. The minimum absolute atomic E-state index is 0.262. The highest BCUT2D eigenvalue weighted by molar-refractivity contribution is 6.25. The van der Waals surface area contributed by atoms with E-state index in [1.54, 1.807) is 6.07 Å². The van der Waals surface area contributed by atoms with Gasteiger partial charge in [-0.05, 0) is 48.7 Å². The van der Waals surface area contributed by atoms with E-state index in [2.05, 4.69) is 15.6 Å². The van der Waals surface area contributed by atoms with Crippen molar-refractivity contribution in [1.29, 1.82) is 0 Å². The molecule has 2 fully saturated rings. The first-order valence-electron chi connectivity index (χ1n) is 12.2. The van der Waals surface area contributed by atoms with E-state index in [0.29, 0.717) is 17.8 Å². The van der Waals surface area contributed by atoms with Crippen LogP contribution in [0.15, 0.2) is 79.0 Å². The van der Waals surface area contributed by atoms with Crippen LogP contribution in [-0.4, -0.2) is 28.7 Å². The maximum absolute atomic E-state index is 14.1. The van der Waals surface area contributed by atoms with Gasteiger partial charge >= 0.3 is 0 Å². The number of amides is 3. The summed E-state index contributed by atoms with van der Waals surface area (Å²) in [5, 5.41) is 7.56. The number of aromatic nitrogens is 1. The van der Waals surface area contributed by atoms with Gasteiger partial charge in [0.2, 0.25) is 17.7 Å². The number of aryl methyl sites for hydroxylation is 1. The summed E-state index contributed by atoms with van der Waals surface area (Å²) < 4.78 is 0. The molecular formula is C29H24N4O3. The fraction of sp³-hybridized carbons (Fsp3) is 0.207. The first-order chi connectivity index (χ1) is 17.5. The van der Waals surface area contributed by atoms with Crippen molar-refractivity contribution < 1.29 is 14.4 Å². The number of nitrogens with one attached hydrogen (secondary N) is 3. The van der Waals surface area contributed by atoms with Gasteiger partial charge in [0, 0.05) is 34.4 Å². The van der Waals surface area contributed by atoms with E-state index in [0.717, 1.165) is 27.6 Å². The van der Waals surface area contributed by atoms with Gasteiger partial charge < -0.3 is 10.3 Å². The van der Waals surface area contributed by atoms with Crippen molar-refractivity contribution in [2.24, 2.45) is 11.8 Å². The van der Waals surface area contributed by atoms with Gasteiger partial charge in [-0.2, -0.15) is 0 Å². The molecule has 4 atom stereocenters. The summed E-state index contributed by atoms with van der Waals surface area (Å²) in [6.45, 7) is 1.93. The third kappa shape index (κ3) is 2.69. The first-order valence-corrected chi connectivity index (χ1v) is 12.2. The number of anilines is 2. The van der Waals surface area contributed by atoms with Crippen LogP contribution in [0.5, 0.6) is 0 Å². The molecule has 3 amide bonds. The normalized spacial score (nSPS) is 26.6. The van der Waals surface area contributed by atoms with E-state index in [-0.39, 0.29) is 17.7 Å². The van der Waals surface area contributed by atoms with Gasteiger partial charge in [0.15, 0.2) is 0 Å². The van der Waals surface area contributed by atoms with E-state index >= 15 is 0 Å². The van der Waals surface area contributed by atoms with Gasteiger partial charge in [-0.15, -0.1) is 0 Å². The smallest absolute Gasteiger partial charge is 0.250 e. The monoisotopic (exact) mass is 476 g/mol. The molecule has 3 aromatic carbocycles. The van der Waals surface area contributed by atoms with Crippen molar-refractivity contribution >= 4 is 40.0 Å². The predicted octanol–water partition coefficient (Wildman–Crippen LogP) is 3.64. The van der Waals surface area contributed by atoms with Gasteiger partial charge in [-0.1, -0.05) is 48.5 Å². The molecule has 0 bridgehead atoms. The number of imide groups is 1. The third-order valence-electron chi connectivity index (χ3n) is 8.00.